The number of rotatable bonds is 7. The fraction of sp³-hybridized carbons (Fsp3) is 0.294. The Labute approximate surface area is 150 Å². The predicted molar refractivity (Wildman–Crippen MR) is 95.4 cm³/mol. The van der Waals surface area contributed by atoms with Crippen LogP contribution in [0.25, 0.3) is 0 Å². The quantitative estimate of drug-likeness (QED) is 0.605. The molecule has 0 aliphatic heterocycles. The first kappa shape index (κ1) is 17.2. The molecule has 8 heteroatoms. The summed E-state index contributed by atoms with van der Waals surface area (Å²) in [6.07, 6.45) is 1.61. The van der Waals surface area contributed by atoms with Crippen molar-refractivity contribution in [3.05, 3.63) is 54.5 Å². The second kappa shape index (κ2) is 7.98. The van der Waals surface area contributed by atoms with E-state index in [4.69, 9.17) is 4.42 Å². The highest BCUT2D eigenvalue weighted by Crippen LogP contribution is 2.24. The third-order valence-electron chi connectivity index (χ3n) is 3.66. The van der Waals surface area contributed by atoms with Crippen LogP contribution in [-0.4, -0.2) is 37.9 Å². The molecule has 1 aromatic carbocycles. The predicted octanol–water partition coefficient (Wildman–Crippen LogP) is 2.85. The third kappa shape index (κ3) is 4.08. The van der Waals surface area contributed by atoms with Crippen molar-refractivity contribution in [1.82, 2.24) is 20.2 Å². The number of benzene rings is 1. The maximum atomic E-state index is 12.8. The summed E-state index contributed by atoms with van der Waals surface area (Å²) in [6.45, 7) is 4.86. The van der Waals surface area contributed by atoms with Crippen LogP contribution in [0.5, 0.6) is 0 Å². The largest absolute Gasteiger partial charge is 0.467 e. The first-order chi connectivity index (χ1) is 12.2. The molecule has 130 valence electrons. The fourth-order valence-corrected chi connectivity index (χ4v) is 3.28. The Bertz CT molecular complexity index is 804. The molecule has 7 nitrogen and oxygen atoms in total. The first-order valence-corrected chi connectivity index (χ1v) is 8.88. The summed E-state index contributed by atoms with van der Waals surface area (Å²) >= 11 is 1.34. The number of nitrogens with zero attached hydrogens (tertiary/aromatic N) is 5. The smallest absolute Gasteiger partial charge is 0.240 e. The van der Waals surface area contributed by atoms with E-state index < -0.39 is 0 Å². The van der Waals surface area contributed by atoms with Gasteiger partial charge in [0, 0.05) is 12.2 Å². The number of amides is 1. The van der Waals surface area contributed by atoms with E-state index in [9.17, 15) is 4.79 Å². The molecular formula is C17H19N5O2S. The van der Waals surface area contributed by atoms with Gasteiger partial charge in [-0.25, -0.2) is 4.68 Å². The van der Waals surface area contributed by atoms with Gasteiger partial charge in [-0.15, -0.1) is 5.10 Å². The minimum absolute atomic E-state index is 0.0197. The second-order valence-corrected chi connectivity index (χ2v) is 6.68. The van der Waals surface area contributed by atoms with E-state index in [1.165, 1.54) is 11.8 Å². The molecule has 2 aromatic heterocycles. The molecule has 0 spiro atoms. The zero-order chi connectivity index (χ0) is 17.6. The monoisotopic (exact) mass is 357 g/mol. The van der Waals surface area contributed by atoms with Crippen LogP contribution in [-0.2, 0) is 11.3 Å². The number of aromatic nitrogens is 4. The van der Waals surface area contributed by atoms with Crippen LogP contribution >= 0.6 is 11.8 Å². The highest BCUT2D eigenvalue weighted by atomic mass is 32.2. The molecule has 0 radical (unpaired) electrons. The molecule has 0 saturated heterocycles. The van der Waals surface area contributed by atoms with Gasteiger partial charge in [0.05, 0.1) is 11.5 Å². The minimum atomic E-state index is -0.318. The fourth-order valence-electron chi connectivity index (χ4n) is 2.43. The van der Waals surface area contributed by atoms with Crippen molar-refractivity contribution in [1.29, 1.82) is 0 Å². The number of hydrogen-bond acceptors (Lipinski definition) is 6. The van der Waals surface area contributed by atoms with Crippen LogP contribution in [0.4, 0.5) is 5.69 Å². The lowest BCUT2D eigenvalue weighted by Gasteiger charge is -2.24. The Morgan fingerprint density at radius 1 is 1.28 bits per heavy atom. The Kier molecular flexibility index (Phi) is 5.49. The number of carbonyl (C=O) groups is 1. The van der Waals surface area contributed by atoms with Gasteiger partial charge in [-0.05, 0) is 48.5 Å². The summed E-state index contributed by atoms with van der Waals surface area (Å²) in [7, 11) is 0. The molecule has 0 fully saturated rings. The standard InChI is InChI=1S/C17H19N5O2S/c1-3-21(14-8-5-4-6-9-14)16(23)13(2)25-17-18-19-20-22(17)12-15-10-7-11-24-15/h4-11,13H,3,12H2,1-2H3. The Hall–Kier alpha value is -2.61. The van der Waals surface area contributed by atoms with E-state index in [0.29, 0.717) is 18.2 Å². The third-order valence-corrected chi connectivity index (χ3v) is 4.72. The molecule has 0 aliphatic rings. The number of thioether (sulfide) groups is 1. The first-order valence-electron chi connectivity index (χ1n) is 8.00. The van der Waals surface area contributed by atoms with Gasteiger partial charge in [-0.3, -0.25) is 4.79 Å². The summed E-state index contributed by atoms with van der Waals surface area (Å²) in [4.78, 5) is 14.6. The maximum absolute atomic E-state index is 12.8. The number of anilines is 1. The average molecular weight is 357 g/mol. The summed E-state index contributed by atoms with van der Waals surface area (Å²) in [5.74, 6) is 0.777. The normalized spacial score (nSPS) is 12.1. The highest BCUT2D eigenvalue weighted by Gasteiger charge is 2.24. The van der Waals surface area contributed by atoms with Crippen LogP contribution in [0.1, 0.15) is 19.6 Å². The van der Waals surface area contributed by atoms with Gasteiger partial charge in [-0.2, -0.15) is 0 Å². The topological polar surface area (TPSA) is 77.1 Å². The maximum Gasteiger partial charge on any atom is 0.240 e. The van der Waals surface area contributed by atoms with Crippen LogP contribution in [0.15, 0.2) is 58.3 Å². The van der Waals surface area contributed by atoms with Gasteiger partial charge in [0.25, 0.3) is 0 Å². The van der Waals surface area contributed by atoms with Crippen molar-refractivity contribution < 1.29 is 9.21 Å². The van der Waals surface area contributed by atoms with Crippen LogP contribution in [0, 0.1) is 0 Å². The summed E-state index contributed by atoms with van der Waals surface area (Å²) in [5.41, 5.74) is 0.887. The summed E-state index contributed by atoms with van der Waals surface area (Å²) in [5, 5.41) is 12.0. The van der Waals surface area contributed by atoms with Gasteiger partial charge >= 0.3 is 0 Å². The van der Waals surface area contributed by atoms with Crippen LogP contribution in [0.2, 0.25) is 0 Å². The Morgan fingerprint density at radius 3 is 2.76 bits per heavy atom. The van der Waals surface area contributed by atoms with E-state index in [-0.39, 0.29) is 11.2 Å². The van der Waals surface area contributed by atoms with Crippen LogP contribution in [0.3, 0.4) is 0 Å². The van der Waals surface area contributed by atoms with Gasteiger partial charge in [0.1, 0.15) is 12.3 Å². The van der Waals surface area contributed by atoms with E-state index in [1.54, 1.807) is 15.8 Å². The lowest BCUT2D eigenvalue weighted by Crippen LogP contribution is -2.36. The van der Waals surface area contributed by atoms with Gasteiger partial charge < -0.3 is 9.32 Å². The molecule has 1 unspecified atom stereocenters. The SMILES string of the molecule is CCN(C(=O)C(C)Sc1nnnn1Cc1ccco1)c1ccccc1. The van der Waals surface area contributed by atoms with Gasteiger partial charge in [-0.1, -0.05) is 30.0 Å². The average Bonchev–Trinajstić information content (AvgIpc) is 3.29. The minimum Gasteiger partial charge on any atom is -0.467 e. The van der Waals surface area contributed by atoms with Crippen molar-refractivity contribution in [2.45, 2.75) is 30.8 Å². The molecular weight excluding hydrogens is 338 g/mol. The van der Waals surface area contributed by atoms with Crippen molar-refractivity contribution >= 4 is 23.4 Å². The number of furan rings is 1. The number of para-hydroxylation sites is 1. The Morgan fingerprint density at radius 2 is 2.08 bits per heavy atom. The van der Waals surface area contributed by atoms with E-state index in [2.05, 4.69) is 15.5 Å². The second-order valence-electron chi connectivity index (χ2n) is 5.38. The van der Waals surface area contributed by atoms with Crippen molar-refractivity contribution in [2.24, 2.45) is 0 Å². The molecule has 0 N–H and O–H groups in total. The van der Waals surface area contributed by atoms with Crippen molar-refractivity contribution in [3.63, 3.8) is 0 Å². The molecule has 0 aliphatic carbocycles. The van der Waals surface area contributed by atoms with E-state index >= 15 is 0 Å². The summed E-state index contributed by atoms with van der Waals surface area (Å²) < 4.78 is 6.96. The molecule has 0 bridgehead atoms. The molecule has 2 heterocycles. The number of hydrogen-bond donors (Lipinski definition) is 0. The molecule has 3 rings (SSSR count). The zero-order valence-electron chi connectivity index (χ0n) is 14.1. The lowest BCUT2D eigenvalue weighted by molar-refractivity contribution is -0.117. The lowest BCUT2D eigenvalue weighted by atomic mass is 10.2. The van der Waals surface area contributed by atoms with Crippen molar-refractivity contribution in [3.8, 4) is 0 Å². The van der Waals surface area contributed by atoms with Gasteiger partial charge in [0.15, 0.2) is 0 Å². The molecule has 25 heavy (non-hydrogen) atoms. The van der Waals surface area contributed by atoms with Gasteiger partial charge in [0.2, 0.25) is 11.1 Å². The molecule has 1 atom stereocenters. The summed E-state index contributed by atoms with van der Waals surface area (Å²) in [6, 6.07) is 13.3. The zero-order valence-corrected chi connectivity index (χ0v) is 14.9. The van der Waals surface area contributed by atoms with Crippen LogP contribution < -0.4 is 4.90 Å². The Balaban J connectivity index is 1.70. The highest BCUT2D eigenvalue weighted by molar-refractivity contribution is 8.00. The molecule has 1 amide bonds. The molecule has 0 saturated carbocycles. The van der Waals surface area contributed by atoms with E-state index in [1.807, 2.05) is 56.3 Å². The number of tetrazole rings is 1. The van der Waals surface area contributed by atoms with E-state index in [0.717, 1.165) is 11.4 Å². The molecule has 3 aromatic rings. The van der Waals surface area contributed by atoms with Crippen molar-refractivity contribution in [2.75, 3.05) is 11.4 Å². The number of carbonyl (C=O) groups excluding carboxylic acids is 1.